The predicted octanol–water partition coefficient (Wildman–Crippen LogP) is 2.27. The van der Waals surface area contributed by atoms with Crippen molar-refractivity contribution in [2.45, 2.75) is 46.0 Å². The first-order valence-corrected chi connectivity index (χ1v) is 6.17. The van der Waals surface area contributed by atoms with Gasteiger partial charge in [0.15, 0.2) is 0 Å². The molecule has 3 heteroatoms. The van der Waals surface area contributed by atoms with Gasteiger partial charge in [0, 0.05) is 0 Å². The molecule has 0 aromatic heterocycles. The summed E-state index contributed by atoms with van der Waals surface area (Å²) in [6, 6.07) is 0. The van der Waals surface area contributed by atoms with Crippen LogP contribution in [-0.4, -0.2) is 24.2 Å². The second-order valence-corrected chi connectivity index (χ2v) is 4.48. The minimum atomic E-state index is -0.569. The molecule has 2 fully saturated rings. The Morgan fingerprint density at radius 2 is 1.87 bits per heavy atom. The van der Waals surface area contributed by atoms with E-state index in [2.05, 4.69) is 5.32 Å². The van der Waals surface area contributed by atoms with Crippen LogP contribution in [0.15, 0.2) is 0 Å². The van der Waals surface area contributed by atoms with Crippen molar-refractivity contribution in [3.05, 3.63) is 0 Å². The maximum absolute atomic E-state index is 11.2. The first kappa shape index (κ1) is 12.5. The smallest absolute Gasteiger partial charge is 0.309 e. The largest absolute Gasteiger partial charge is 0.481 e. The monoisotopic (exact) mass is 213 g/mol. The molecule has 0 atom stereocenters. The van der Waals surface area contributed by atoms with Gasteiger partial charge >= 0.3 is 5.97 Å². The van der Waals surface area contributed by atoms with Crippen molar-refractivity contribution in [1.29, 1.82) is 0 Å². The molecule has 1 saturated heterocycles. The van der Waals surface area contributed by atoms with Gasteiger partial charge in [-0.1, -0.05) is 26.7 Å². The second-order valence-electron chi connectivity index (χ2n) is 4.48. The Balaban J connectivity index is 0.000000531. The number of rotatable bonds is 3. The number of hydrogen-bond donors (Lipinski definition) is 2. The maximum Gasteiger partial charge on any atom is 0.309 e. The van der Waals surface area contributed by atoms with Gasteiger partial charge in [-0.15, -0.1) is 0 Å². The molecule has 0 unspecified atom stereocenters. The molecular weight excluding hydrogens is 190 g/mol. The fourth-order valence-electron chi connectivity index (χ4n) is 2.29. The average molecular weight is 213 g/mol. The first-order chi connectivity index (χ1) is 7.23. The van der Waals surface area contributed by atoms with Crippen LogP contribution in [0.1, 0.15) is 46.0 Å². The maximum atomic E-state index is 11.2. The lowest BCUT2D eigenvalue weighted by Crippen LogP contribution is -2.42. The molecule has 0 radical (unpaired) electrons. The summed E-state index contributed by atoms with van der Waals surface area (Å²) in [5, 5.41) is 12.5. The standard InChI is InChI=1S/C10H17NO2.C2H6/c12-9(13)10(7-8-1-2-8)3-5-11-6-4-10;1-2/h8,11H,1-7H2,(H,12,13);1-2H3. The van der Waals surface area contributed by atoms with Gasteiger partial charge in [0.25, 0.3) is 0 Å². The zero-order chi connectivity index (χ0) is 11.3. The van der Waals surface area contributed by atoms with E-state index in [-0.39, 0.29) is 5.41 Å². The third kappa shape index (κ3) is 3.20. The van der Waals surface area contributed by atoms with Gasteiger partial charge in [-0.25, -0.2) is 0 Å². The summed E-state index contributed by atoms with van der Waals surface area (Å²) < 4.78 is 0. The highest BCUT2D eigenvalue weighted by Crippen LogP contribution is 2.44. The van der Waals surface area contributed by atoms with E-state index in [1.54, 1.807) is 0 Å². The molecule has 1 saturated carbocycles. The van der Waals surface area contributed by atoms with Crippen molar-refractivity contribution in [3.8, 4) is 0 Å². The molecule has 0 aromatic rings. The predicted molar refractivity (Wildman–Crippen MR) is 60.9 cm³/mol. The number of piperidine rings is 1. The molecular formula is C12H23NO2. The Morgan fingerprint density at radius 1 is 1.33 bits per heavy atom. The summed E-state index contributed by atoms with van der Waals surface area (Å²) in [7, 11) is 0. The van der Waals surface area contributed by atoms with E-state index in [0.29, 0.717) is 5.92 Å². The highest BCUT2D eigenvalue weighted by Gasteiger charge is 2.43. The molecule has 3 nitrogen and oxygen atoms in total. The van der Waals surface area contributed by atoms with Gasteiger partial charge < -0.3 is 10.4 Å². The number of carboxylic acids is 1. The molecule has 2 N–H and O–H groups in total. The zero-order valence-electron chi connectivity index (χ0n) is 9.88. The van der Waals surface area contributed by atoms with Crippen LogP contribution in [0.3, 0.4) is 0 Å². The molecule has 15 heavy (non-hydrogen) atoms. The molecule has 88 valence electrons. The van der Waals surface area contributed by atoms with Crippen molar-refractivity contribution >= 4 is 5.97 Å². The number of hydrogen-bond acceptors (Lipinski definition) is 2. The number of carbonyl (C=O) groups is 1. The van der Waals surface area contributed by atoms with Crippen LogP contribution in [0.25, 0.3) is 0 Å². The minimum Gasteiger partial charge on any atom is -0.481 e. The topological polar surface area (TPSA) is 49.3 Å². The van der Waals surface area contributed by atoms with E-state index in [0.717, 1.165) is 32.4 Å². The molecule has 1 aliphatic heterocycles. The fraction of sp³-hybridized carbons (Fsp3) is 0.917. The number of carboxylic acid groups (broad SMARTS) is 1. The summed E-state index contributed by atoms with van der Waals surface area (Å²) >= 11 is 0. The van der Waals surface area contributed by atoms with E-state index in [1.807, 2.05) is 13.8 Å². The summed E-state index contributed by atoms with van der Waals surface area (Å²) in [5.41, 5.74) is -0.383. The van der Waals surface area contributed by atoms with Crippen molar-refractivity contribution in [3.63, 3.8) is 0 Å². The van der Waals surface area contributed by atoms with Crippen LogP contribution >= 0.6 is 0 Å². The normalized spacial score (nSPS) is 23.9. The molecule has 0 spiro atoms. The Morgan fingerprint density at radius 3 is 2.27 bits per heavy atom. The van der Waals surface area contributed by atoms with Crippen LogP contribution in [0, 0.1) is 11.3 Å². The lowest BCUT2D eigenvalue weighted by Gasteiger charge is -2.33. The summed E-state index contributed by atoms with van der Waals surface area (Å²) in [6.45, 7) is 5.75. The Kier molecular flexibility index (Phi) is 4.58. The fourth-order valence-corrected chi connectivity index (χ4v) is 2.29. The second kappa shape index (κ2) is 5.50. The first-order valence-electron chi connectivity index (χ1n) is 6.17. The molecule has 1 heterocycles. The summed E-state index contributed by atoms with van der Waals surface area (Å²) in [5.74, 6) is 0.148. The SMILES string of the molecule is CC.O=C(O)C1(CC2CC2)CCNCC1. The summed E-state index contributed by atoms with van der Waals surface area (Å²) in [6.07, 6.45) is 5.06. The zero-order valence-corrected chi connectivity index (χ0v) is 9.88. The van der Waals surface area contributed by atoms with Gasteiger partial charge in [0.1, 0.15) is 0 Å². The van der Waals surface area contributed by atoms with E-state index in [9.17, 15) is 9.90 Å². The molecule has 1 aliphatic carbocycles. The number of nitrogens with one attached hydrogen (secondary N) is 1. The Hall–Kier alpha value is -0.570. The minimum absolute atomic E-state index is 0.383. The number of aliphatic carboxylic acids is 1. The van der Waals surface area contributed by atoms with Crippen molar-refractivity contribution in [2.24, 2.45) is 11.3 Å². The van der Waals surface area contributed by atoms with E-state index < -0.39 is 5.97 Å². The van der Waals surface area contributed by atoms with E-state index >= 15 is 0 Å². The molecule has 2 rings (SSSR count). The molecule has 2 aliphatic rings. The van der Waals surface area contributed by atoms with Crippen LogP contribution in [0.4, 0.5) is 0 Å². The quantitative estimate of drug-likeness (QED) is 0.756. The van der Waals surface area contributed by atoms with E-state index in [1.165, 1.54) is 12.8 Å². The van der Waals surface area contributed by atoms with Crippen LogP contribution in [0.2, 0.25) is 0 Å². The van der Waals surface area contributed by atoms with Crippen LogP contribution in [-0.2, 0) is 4.79 Å². The van der Waals surface area contributed by atoms with Gasteiger partial charge in [0.2, 0.25) is 0 Å². The van der Waals surface area contributed by atoms with Crippen molar-refractivity contribution in [1.82, 2.24) is 5.32 Å². The highest BCUT2D eigenvalue weighted by molar-refractivity contribution is 5.74. The van der Waals surface area contributed by atoms with E-state index in [4.69, 9.17) is 0 Å². The molecule has 0 amide bonds. The lowest BCUT2D eigenvalue weighted by atomic mass is 9.75. The lowest BCUT2D eigenvalue weighted by molar-refractivity contribution is -0.151. The van der Waals surface area contributed by atoms with Gasteiger partial charge in [-0.3, -0.25) is 4.79 Å². The van der Waals surface area contributed by atoms with Crippen LogP contribution < -0.4 is 5.32 Å². The van der Waals surface area contributed by atoms with Crippen LogP contribution in [0.5, 0.6) is 0 Å². The van der Waals surface area contributed by atoms with Crippen molar-refractivity contribution in [2.75, 3.05) is 13.1 Å². The third-order valence-electron chi connectivity index (χ3n) is 3.39. The molecule has 0 bridgehead atoms. The highest BCUT2D eigenvalue weighted by atomic mass is 16.4. The average Bonchev–Trinajstić information content (AvgIpc) is 3.06. The Bertz CT molecular complexity index is 206. The summed E-state index contributed by atoms with van der Waals surface area (Å²) in [4.78, 5) is 11.2. The molecule has 0 aromatic carbocycles. The third-order valence-corrected chi connectivity index (χ3v) is 3.39. The van der Waals surface area contributed by atoms with Gasteiger partial charge in [-0.05, 0) is 38.3 Å². The van der Waals surface area contributed by atoms with Crippen molar-refractivity contribution < 1.29 is 9.90 Å². The van der Waals surface area contributed by atoms with Gasteiger partial charge in [0.05, 0.1) is 5.41 Å². The Labute approximate surface area is 92.3 Å². The van der Waals surface area contributed by atoms with Gasteiger partial charge in [-0.2, -0.15) is 0 Å².